The van der Waals surface area contributed by atoms with Crippen molar-refractivity contribution in [2.24, 2.45) is 5.73 Å². The van der Waals surface area contributed by atoms with Crippen molar-refractivity contribution in [2.45, 2.75) is 25.6 Å². The average molecular weight is 412 g/mol. The highest BCUT2D eigenvalue weighted by Gasteiger charge is 2.17. The van der Waals surface area contributed by atoms with E-state index in [2.05, 4.69) is 15.1 Å². The Kier molecular flexibility index (Phi) is 5.76. The second-order valence-electron chi connectivity index (χ2n) is 5.69. The zero-order chi connectivity index (χ0) is 19.6. The lowest BCUT2D eigenvalue weighted by Crippen LogP contribution is -2.37. The molecule has 1 aromatic carbocycles. The van der Waals surface area contributed by atoms with E-state index in [1.165, 1.54) is 0 Å². The summed E-state index contributed by atoms with van der Waals surface area (Å²) in [6.45, 7) is -0.333. The van der Waals surface area contributed by atoms with Crippen LogP contribution in [-0.2, 0) is 19.5 Å². The number of aromatic amines is 1. The highest BCUT2D eigenvalue weighted by atomic mass is 35.5. The highest BCUT2D eigenvalue weighted by Crippen LogP contribution is 2.19. The molecule has 0 amide bonds. The predicted octanol–water partition coefficient (Wildman–Crippen LogP) is 1.01. The fourth-order valence-electron chi connectivity index (χ4n) is 2.42. The smallest absolute Gasteiger partial charge is 0.329 e. The van der Waals surface area contributed by atoms with E-state index in [9.17, 15) is 14.7 Å². The van der Waals surface area contributed by atoms with Gasteiger partial charge >= 0.3 is 5.69 Å². The monoisotopic (exact) mass is 411 g/mol. The van der Waals surface area contributed by atoms with E-state index in [0.29, 0.717) is 10.6 Å². The molecule has 0 saturated heterocycles. The van der Waals surface area contributed by atoms with Gasteiger partial charge in [0.1, 0.15) is 11.6 Å². The van der Waals surface area contributed by atoms with Crippen LogP contribution < -0.4 is 17.0 Å². The number of halogens is 2. The Morgan fingerprint density at radius 3 is 2.63 bits per heavy atom. The third-order valence-electron chi connectivity index (χ3n) is 3.84. The number of nitrogens with two attached hydrogens (primary N) is 1. The normalized spacial score (nSPS) is 12.3. The maximum atomic E-state index is 12.2. The molecule has 2 aromatic heterocycles. The molecule has 0 radical (unpaired) electrons. The highest BCUT2D eigenvalue weighted by molar-refractivity contribution is 6.31. The molecule has 3 aromatic rings. The minimum absolute atomic E-state index is 0.0254. The molecule has 0 fully saturated rings. The van der Waals surface area contributed by atoms with Crippen LogP contribution in [0.1, 0.15) is 29.1 Å². The van der Waals surface area contributed by atoms with E-state index in [-0.39, 0.29) is 41.9 Å². The summed E-state index contributed by atoms with van der Waals surface area (Å²) in [4.78, 5) is 30.7. The summed E-state index contributed by atoms with van der Waals surface area (Å²) < 4.78 is 5.89. The molecule has 0 aliphatic rings. The first-order chi connectivity index (χ1) is 12.9. The van der Waals surface area contributed by atoms with Gasteiger partial charge in [-0.2, -0.15) is 4.98 Å². The molecule has 11 heteroatoms. The van der Waals surface area contributed by atoms with E-state index < -0.39 is 17.4 Å². The third-order valence-corrected chi connectivity index (χ3v) is 4.48. The van der Waals surface area contributed by atoms with Gasteiger partial charge in [0.2, 0.25) is 5.89 Å². The number of aromatic nitrogens is 4. The van der Waals surface area contributed by atoms with Crippen molar-refractivity contribution in [1.82, 2.24) is 19.7 Å². The van der Waals surface area contributed by atoms with Crippen molar-refractivity contribution in [2.75, 3.05) is 0 Å². The standard InChI is InChI=1S/C16H15Cl2N5O4/c17-9-3-1-8(2-4-9)11(24)5-12-21-13(27-22-12)7-23-15(25)14(18)10(6-19)20-16(23)26/h1-4,11,24H,5-7,19H2,(H,20,26)/t11-/m0/s1. The quantitative estimate of drug-likeness (QED) is 0.549. The van der Waals surface area contributed by atoms with Crippen molar-refractivity contribution < 1.29 is 9.63 Å². The van der Waals surface area contributed by atoms with Crippen molar-refractivity contribution in [3.8, 4) is 0 Å². The second-order valence-corrected chi connectivity index (χ2v) is 6.51. The molecular weight excluding hydrogens is 397 g/mol. The van der Waals surface area contributed by atoms with Gasteiger partial charge in [-0.1, -0.05) is 40.5 Å². The number of hydrogen-bond donors (Lipinski definition) is 3. The predicted molar refractivity (Wildman–Crippen MR) is 97.7 cm³/mol. The summed E-state index contributed by atoms with van der Waals surface area (Å²) in [5.74, 6) is 0.249. The van der Waals surface area contributed by atoms with Gasteiger partial charge in [-0.05, 0) is 17.7 Å². The summed E-state index contributed by atoms with van der Waals surface area (Å²) in [5.41, 5.74) is 4.82. The van der Waals surface area contributed by atoms with Gasteiger partial charge in [0.05, 0.1) is 11.8 Å². The molecule has 142 valence electrons. The summed E-state index contributed by atoms with van der Waals surface area (Å²) in [7, 11) is 0. The van der Waals surface area contributed by atoms with E-state index in [0.717, 1.165) is 4.57 Å². The maximum Gasteiger partial charge on any atom is 0.329 e. The molecule has 0 spiro atoms. The Labute approximate surface area is 162 Å². The Morgan fingerprint density at radius 2 is 1.96 bits per heavy atom. The van der Waals surface area contributed by atoms with E-state index >= 15 is 0 Å². The van der Waals surface area contributed by atoms with E-state index in [1.54, 1.807) is 24.3 Å². The Morgan fingerprint density at radius 1 is 1.26 bits per heavy atom. The molecule has 0 aliphatic heterocycles. The first kappa shape index (κ1) is 19.3. The fourth-order valence-corrected chi connectivity index (χ4v) is 2.78. The molecule has 27 heavy (non-hydrogen) atoms. The van der Waals surface area contributed by atoms with Gasteiger partial charge in [-0.25, -0.2) is 9.36 Å². The lowest BCUT2D eigenvalue weighted by Gasteiger charge is -2.08. The van der Waals surface area contributed by atoms with Crippen molar-refractivity contribution in [1.29, 1.82) is 0 Å². The minimum Gasteiger partial charge on any atom is -0.388 e. The first-order valence-corrected chi connectivity index (χ1v) is 8.61. The van der Waals surface area contributed by atoms with Gasteiger partial charge in [-0.3, -0.25) is 4.79 Å². The van der Waals surface area contributed by atoms with E-state index in [4.69, 9.17) is 33.5 Å². The zero-order valence-corrected chi connectivity index (χ0v) is 15.4. The number of aliphatic hydroxyl groups excluding tert-OH is 1. The fraction of sp³-hybridized carbons (Fsp3) is 0.250. The molecule has 9 nitrogen and oxygen atoms in total. The van der Waals surface area contributed by atoms with Crippen molar-refractivity contribution in [3.63, 3.8) is 0 Å². The number of hydrogen-bond acceptors (Lipinski definition) is 7. The molecular formula is C16H15Cl2N5O4. The summed E-state index contributed by atoms with van der Waals surface area (Å²) in [5, 5.41) is 14.4. The second kappa shape index (κ2) is 8.05. The number of rotatable bonds is 6. The van der Waals surface area contributed by atoms with Crippen LogP contribution in [0.2, 0.25) is 10.0 Å². The largest absolute Gasteiger partial charge is 0.388 e. The van der Waals surface area contributed by atoms with Crippen LogP contribution in [-0.4, -0.2) is 24.8 Å². The summed E-state index contributed by atoms with van der Waals surface area (Å²) in [6.07, 6.45) is -0.777. The Bertz CT molecular complexity index is 1060. The lowest BCUT2D eigenvalue weighted by molar-refractivity contribution is 0.174. The minimum atomic E-state index is -0.864. The number of aliphatic hydroxyl groups is 1. The molecule has 0 unspecified atom stereocenters. The van der Waals surface area contributed by atoms with Crippen LogP contribution in [0, 0.1) is 0 Å². The maximum absolute atomic E-state index is 12.2. The molecule has 3 rings (SSSR count). The van der Waals surface area contributed by atoms with Gasteiger partial charge in [0.25, 0.3) is 5.56 Å². The first-order valence-electron chi connectivity index (χ1n) is 7.85. The SMILES string of the molecule is NCc1[nH]c(=O)n(Cc2nc(C[C@H](O)c3ccc(Cl)cc3)no2)c(=O)c1Cl. The van der Waals surface area contributed by atoms with Crippen LogP contribution in [0.4, 0.5) is 0 Å². The number of nitrogens with one attached hydrogen (secondary N) is 1. The Hall–Kier alpha value is -2.46. The molecule has 0 aliphatic carbocycles. The van der Waals surface area contributed by atoms with E-state index in [1.807, 2.05) is 0 Å². The van der Waals surface area contributed by atoms with Crippen LogP contribution in [0.25, 0.3) is 0 Å². The van der Waals surface area contributed by atoms with Gasteiger partial charge in [0.15, 0.2) is 5.82 Å². The molecule has 0 bridgehead atoms. The molecule has 2 heterocycles. The topological polar surface area (TPSA) is 140 Å². The van der Waals surface area contributed by atoms with Gasteiger partial charge < -0.3 is 20.3 Å². The molecule has 1 atom stereocenters. The molecule has 0 saturated carbocycles. The zero-order valence-electron chi connectivity index (χ0n) is 13.9. The summed E-state index contributed by atoms with van der Waals surface area (Å²) >= 11 is 11.7. The average Bonchev–Trinajstić information content (AvgIpc) is 3.09. The van der Waals surface area contributed by atoms with Crippen molar-refractivity contribution >= 4 is 23.2 Å². The third kappa shape index (κ3) is 4.28. The van der Waals surface area contributed by atoms with Crippen LogP contribution in [0.3, 0.4) is 0 Å². The number of benzene rings is 1. The number of nitrogens with zero attached hydrogens (tertiary/aromatic N) is 3. The number of H-pyrrole nitrogens is 1. The van der Waals surface area contributed by atoms with Gasteiger partial charge in [0, 0.05) is 18.0 Å². The van der Waals surface area contributed by atoms with Crippen molar-refractivity contribution in [3.05, 3.63) is 78.1 Å². The van der Waals surface area contributed by atoms with Crippen LogP contribution >= 0.6 is 23.2 Å². The molecule has 4 N–H and O–H groups in total. The van der Waals surface area contributed by atoms with Crippen LogP contribution in [0.5, 0.6) is 0 Å². The van der Waals surface area contributed by atoms with Gasteiger partial charge in [-0.15, -0.1) is 0 Å². The lowest BCUT2D eigenvalue weighted by atomic mass is 10.1. The summed E-state index contributed by atoms with van der Waals surface area (Å²) in [6, 6.07) is 6.70. The Balaban J connectivity index is 1.77. The van der Waals surface area contributed by atoms with Crippen LogP contribution in [0.15, 0.2) is 38.4 Å².